The Morgan fingerprint density at radius 1 is 1.13 bits per heavy atom. The number of ether oxygens (including phenoxy) is 1. The molecule has 8 heteroatoms. The summed E-state index contributed by atoms with van der Waals surface area (Å²) in [5.41, 5.74) is 3.44. The van der Waals surface area contributed by atoms with E-state index in [-0.39, 0.29) is 18.4 Å². The van der Waals surface area contributed by atoms with E-state index in [0.29, 0.717) is 28.6 Å². The van der Waals surface area contributed by atoms with E-state index in [1.807, 2.05) is 39.0 Å². The first-order chi connectivity index (χ1) is 14.8. The van der Waals surface area contributed by atoms with Gasteiger partial charge in [-0.2, -0.15) is 5.10 Å². The number of halogens is 1. The molecule has 0 saturated carbocycles. The molecule has 0 radical (unpaired) electrons. The Labute approximate surface area is 186 Å². The number of hydrogen-bond acceptors (Lipinski definition) is 4. The minimum Gasteiger partial charge on any atom is -0.495 e. The van der Waals surface area contributed by atoms with Crippen LogP contribution in [0.15, 0.2) is 48.5 Å². The molecule has 0 spiro atoms. The Balaban J connectivity index is 1.71. The van der Waals surface area contributed by atoms with E-state index in [1.165, 1.54) is 12.0 Å². The van der Waals surface area contributed by atoms with Crippen LogP contribution in [0.2, 0.25) is 5.02 Å². The third-order valence-corrected chi connectivity index (χ3v) is 5.49. The van der Waals surface area contributed by atoms with Gasteiger partial charge in [-0.1, -0.05) is 23.7 Å². The Hall–Kier alpha value is -3.32. The van der Waals surface area contributed by atoms with Crippen LogP contribution in [0.25, 0.3) is 5.69 Å². The molecule has 1 N–H and O–H groups in total. The maximum atomic E-state index is 12.9. The molecule has 0 unspecified atom stereocenters. The van der Waals surface area contributed by atoms with Gasteiger partial charge in [0.2, 0.25) is 5.91 Å². The average molecular weight is 441 g/mol. The lowest BCUT2D eigenvalue weighted by Crippen LogP contribution is -2.37. The Morgan fingerprint density at radius 3 is 2.39 bits per heavy atom. The molecular formula is C23H25ClN4O3. The van der Waals surface area contributed by atoms with Crippen molar-refractivity contribution < 1.29 is 14.3 Å². The van der Waals surface area contributed by atoms with Crippen LogP contribution in [-0.2, 0) is 4.79 Å². The molecule has 162 valence electrons. The van der Waals surface area contributed by atoms with Gasteiger partial charge >= 0.3 is 0 Å². The number of rotatable bonds is 7. The third kappa shape index (κ3) is 4.88. The van der Waals surface area contributed by atoms with Crippen molar-refractivity contribution in [1.29, 1.82) is 0 Å². The first-order valence-corrected chi connectivity index (χ1v) is 10.3. The number of amides is 2. The molecule has 1 heterocycles. The summed E-state index contributed by atoms with van der Waals surface area (Å²) in [6.45, 7) is 5.90. The van der Waals surface area contributed by atoms with Crippen molar-refractivity contribution >= 4 is 29.1 Å². The van der Waals surface area contributed by atoms with E-state index < -0.39 is 0 Å². The fourth-order valence-corrected chi connectivity index (χ4v) is 3.36. The van der Waals surface area contributed by atoms with Crippen molar-refractivity contribution in [2.45, 2.75) is 20.8 Å². The van der Waals surface area contributed by atoms with Crippen molar-refractivity contribution in [3.8, 4) is 11.4 Å². The molecule has 0 fully saturated rings. The van der Waals surface area contributed by atoms with Gasteiger partial charge in [-0.15, -0.1) is 0 Å². The van der Waals surface area contributed by atoms with Gasteiger partial charge in [0.05, 0.1) is 34.9 Å². The Bertz CT molecular complexity index is 1090. The lowest BCUT2D eigenvalue weighted by molar-refractivity contribution is -0.116. The van der Waals surface area contributed by atoms with Gasteiger partial charge in [0.25, 0.3) is 5.91 Å². The zero-order valence-electron chi connectivity index (χ0n) is 18.0. The fourth-order valence-electron chi connectivity index (χ4n) is 3.24. The minimum atomic E-state index is -0.298. The topological polar surface area (TPSA) is 76.5 Å². The zero-order chi connectivity index (χ0) is 22.5. The number of nitrogens with zero attached hydrogens (tertiary/aromatic N) is 3. The second kappa shape index (κ2) is 9.66. The molecular weight excluding hydrogens is 416 g/mol. The zero-order valence-corrected chi connectivity index (χ0v) is 18.7. The number of benzene rings is 2. The van der Waals surface area contributed by atoms with E-state index >= 15 is 0 Å². The SMILES string of the molecule is CCN(CC(=O)Nc1ccccc1OC)C(=O)c1ccc(-n2nc(C)c(Cl)c2C)cc1. The molecule has 2 aromatic carbocycles. The fraction of sp³-hybridized carbons (Fsp3) is 0.261. The number of hydrogen-bond donors (Lipinski definition) is 1. The molecule has 31 heavy (non-hydrogen) atoms. The van der Waals surface area contributed by atoms with Crippen LogP contribution in [0.5, 0.6) is 5.75 Å². The van der Waals surface area contributed by atoms with Crippen LogP contribution in [-0.4, -0.2) is 46.7 Å². The number of methoxy groups -OCH3 is 1. The molecule has 3 rings (SSSR count). The molecule has 0 aliphatic heterocycles. The average Bonchev–Trinajstić information content (AvgIpc) is 3.04. The minimum absolute atomic E-state index is 0.0673. The summed E-state index contributed by atoms with van der Waals surface area (Å²) >= 11 is 6.23. The molecule has 0 saturated heterocycles. The lowest BCUT2D eigenvalue weighted by Gasteiger charge is -2.21. The van der Waals surface area contributed by atoms with Gasteiger partial charge in [0, 0.05) is 12.1 Å². The van der Waals surface area contributed by atoms with Gasteiger partial charge in [-0.05, 0) is 57.2 Å². The second-order valence-corrected chi connectivity index (χ2v) is 7.39. The van der Waals surface area contributed by atoms with Crippen LogP contribution < -0.4 is 10.1 Å². The smallest absolute Gasteiger partial charge is 0.254 e. The molecule has 0 aliphatic rings. The van der Waals surface area contributed by atoms with Crippen molar-refractivity contribution in [2.24, 2.45) is 0 Å². The first kappa shape index (κ1) is 22.4. The highest BCUT2D eigenvalue weighted by molar-refractivity contribution is 6.31. The highest BCUT2D eigenvalue weighted by Crippen LogP contribution is 2.24. The van der Waals surface area contributed by atoms with Gasteiger partial charge in [0.1, 0.15) is 12.3 Å². The summed E-state index contributed by atoms with van der Waals surface area (Å²) in [5.74, 6) is 0.0364. The highest BCUT2D eigenvalue weighted by atomic mass is 35.5. The maximum absolute atomic E-state index is 12.9. The van der Waals surface area contributed by atoms with E-state index in [9.17, 15) is 9.59 Å². The Morgan fingerprint density at radius 2 is 1.81 bits per heavy atom. The number of nitrogens with one attached hydrogen (secondary N) is 1. The van der Waals surface area contributed by atoms with E-state index in [4.69, 9.17) is 16.3 Å². The third-order valence-electron chi connectivity index (χ3n) is 4.95. The standard InChI is InChI=1S/C23H25ClN4O3/c1-5-27(14-21(29)25-19-8-6-7-9-20(19)31-4)23(30)17-10-12-18(13-11-17)28-16(3)22(24)15(2)26-28/h6-13H,5,14H2,1-4H3,(H,25,29). The quantitative estimate of drug-likeness (QED) is 0.595. The number of carbonyl (C=O) groups excluding carboxylic acids is 2. The second-order valence-electron chi connectivity index (χ2n) is 7.01. The monoisotopic (exact) mass is 440 g/mol. The maximum Gasteiger partial charge on any atom is 0.254 e. The molecule has 0 bridgehead atoms. The molecule has 0 atom stereocenters. The number of para-hydroxylation sites is 2. The van der Waals surface area contributed by atoms with Crippen LogP contribution in [0.3, 0.4) is 0 Å². The molecule has 2 amide bonds. The van der Waals surface area contributed by atoms with Gasteiger partial charge in [-0.3, -0.25) is 9.59 Å². The normalized spacial score (nSPS) is 10.6. The summed E-state index contributed by atoms with van der Waals surface area (Å²) in [5, 5.41) is 7.84. The summed E-state index contributed by atoms with van der Waals surface area (Å²) < 4.78 is 6.99. The molecule has 3 aromatic rings. The van der Waals surface area contributed by atoms with Gasteiger partial charge in [-0.25, -0.2) is 4.68 Å². The first-order valence-electron chi connectivity index (χ1n) is 9.90. The van der Waals surface area contributed by atoms with E-state index in [2.05, 4.69) is 10.4 Å². The van der Waals surface area contributed by atoms with Crippen LogP contribution >= 0.6 is 11.6 Å². The van der Waals surface area contributed by atoms with Crippen LogP contribution in [0.4, 0.5) is 5.69 Å². The molecule has 0 aliphatic carbocycles. The lowest BCUT2D eigenvalue weighted by atomic mass is 10.1. The number of anilines is 1. The molecule has 1 aromatic heterocycles. The number of likely N-dealkylation sites (N-methyl/N-ethyl adjacent to an activating group) is 1. The van der Waals surface area contributed by atoms with Crippen LogP contribution in [0, 0.1) is 13.8 Å². The van der Waals surface area contributed by atoms with Crippen molar-refractivity contribution in [2.75, 3.05) is 25.5 Å². The van der Waals surface area contributed by atoms with E-state index in [0.717, 1.165) is 17.1 Å². The van der Waals surface area contributed by atoms with Crippen LogP contribution in [0.1, 0.15) is 28.7 Å². The van der Waals surface area contributed by atoms with Crippen molar-refractivity contribution in [1.82, 2.24) is 14.7 Å². The Kier molecular flexibility index (Phi) is 6.97. The van der Waals surface area contributed by atoms with Gasteiger partial charge < -0.3 is 15.0 Å². The summed E-state index contributed by atoms with van der Waals surface area (Å²) in [7, 11) is 1.54. The number of aryl methyl sites for hydroxylation is 1. The number of carbonyl (C=O) groups is 2. The predicted octanol–water partition coefficient (Wildman–Crippen LogP) is 4.25. The van der Waals surface area contributed by atoms with E-state index in [1.54, 1.807) is 35.0 Å². The van der Waals surface area contributed by atoms with Gasteiger partial charge in [0.15, 0.2) is 0 Å². The summed E-state index contributed by atoms with van der Waals surface area (Å²) in [6, 6.07) is 14.2. The largest absolute Gasteiger partial charge is 0.495 e. The molecule has 7 nitrogen and oxygen atoms in total. The highest BCUT2D eigenvalue weighted by Gasteiger charge is 2.19. The predicted molar refractivity (Wildman–Crippen MR) is 121 cm³/mol. The number of aromatic nitrogens is 2. The van der Waals surface area contributed by atoms with Crippen molar-refractivity contribution in [3.63, 3.8) is 0 Å². The summed E-state index contributed by atoms with van der Waals surface area (Å²) in [4.78, 5) is 26.9. The summed E-state index contributed by atoms with van der Waals surface area (Å²) in [6.07, 6.45) is 0. The van der Waals surface area contributed by atoms with Crippen molar-refractivity contribution in [3.05, 3.63) is 70.5 Å².